The first kappa shape index (κ1) is 31.2. The summed E-state index contributed by atoms with van der Waals surface area (Å²) in [5.41, 5.74) is 4.77. The molecule has 10 heteroatoms. The first-order valence-electron chi connectivity index (χ1n) is 13.7. The summed E-state index contributed by atoms with van der Waals surface area (Å²) in [7, 11) is 0. The highest BCUT2D eigenvalue weighted by molar-refractivity contribution is 5.80. The molecule has 0 radical (unpaired) electrons. The van der Waals surface area contributed by atoms with Crippen molar-refractivity contribution in [2.24, 2.45) is 0 Å². The topological polar surface area (TPSA) is 130 Å². The number of hydrogen-bond donors (Lipinski definition) is 2. The number of unbranched alkanes of at least 4 members (excludes halogenated alkanes) is 1. The van der Waals surface area contributed by atoms with E-state index in [4.69, 9.17) is 28.8 Å². The number of rotatable bonds is 21. The van der Waals surface area contributed by atoms with E-state index < -0.39 is 18.7 Å². The number of nitrogens with one attached hydrogen (secondary N) is 1. The Balaban J connectivity index is 1.10. The molecule has 0 saturated heterocycles. The standard InChI is InChI=1S/C30H39NO9/c32-23(20-39-22-29(33)34)8-5-6-14-36-16-18-38-19-17-37-15-7-13-31-30(35)40-21-28-26-11-3-1-9-24(26)25-10-2-4-12-27(25)28/h1-4,9-12,28H,5-8,13-22H2,(H,31,35)(H,33,34). The SMILES string of the molecule is O=C(O)COCC(=O)CCCCOCCOCCOCCCNC(=O)OCC1c2ccccc2-c2ccccc21. The van der Waals surface area contributed by atoms with Gasteiger partial charge in [0.1, 0.15) is 19.8 Å². The van der Waals surface area contributed by atoms with Gasteiger partial charge < -0.3 is 34.1 Å². The highest BCUT2D eigenvalue weighted by atomic mass is 16.6. The second-order valence-electron chi connectivity index (χ2n) is 9.33. The van der Waals surface area contributed by atoms with Crippen molar-refractivity contribution in [1.82, 2.24) is 5.32 Å². The summed E-state index contributed by atoms with van der Waals surface area (Å²) in [6, 6.07) is 16.5. The number of ketones is 1. The molecule has 0 aromatic heterocycles. The van der Waals surface area contributed by atoms with Crippen LogP contribution in [0.4, 0.5) is 4.79 Å². The van der Waals surface area contributed by atoms with E-state index in [1.165, 1.54) is 22.3 Å². The molecule has 0 aliphatic heterocycles. The third-order valence-electron chi connectivity index (χ3n) is 6.31. The van der Waals surface area contributed by atoms with E-state index in [1.807, 2.05) is 24.3 Å². The molecule has 218 valence electrons. The predicted octanol–water partition coefficient (Wildman–Crippen LogP) is 3.81. The Morgan fingerprint density at radius 2 is 1.27 bits per heavy atom. The molecular weight excluding hydrogens is 518 g/mol. The maximum Gasteiger partial charge on any atom is 0.407 e. The summed E-state index contributed by atoms with van der Waals surface area (Å²) in [6.45, 7) is 2.98. The first-order valence-corrected chi connectivity index (χ1v) is 13.7. The van der Waals surface area contributed by atoms with Crippen molar-refractivity contribution < 1.29 is 43.2 Å². The number of Topliss-reactive ketones (excluding diaryl/α,β-unsaturated/α-hetero) is 1. The Morgan fingerprint density at radius 3 is 1.90 bits per heavy atom. The maximum atomic E-state index is 12.2. The van der Waals surface area contributed by atoms with Crippen LogP contribution in [0.2, 0.25) is 0 Å². The van der Waals surface area contributed by atoms with Gasteiger partial charge in [-0.2, -0.15) is 0 Å². The normalized spacial score (nSPS) is 12.1. The number of benzene rings is 2. The maximum absolute atomic E-state index is 12.2. The Bertz CT molecular complexity index is 1030. The smallest absolute Gasteiger partial charge is 0.407 e. The number of carbonyl (C=O) groups is 3. The number of fused-ring (bicyclic) bond motifs is 3. The van der Waals surface area contributed by atoms with E-state index in [-0.39, 0.29) is 18.3 Å². The summed E-state index contributed by atoms with van der Waals surface area (Å²) in [6.07, 6.45) is 1.99. The minimum Gasteiger partial charge on any atom is -0.480 e. The van der Waals surface area contributed by atoms with E-state index >= 15 is 0 Å². The largest absolute Gasteiger partial charge is 0.480 e. The van der Waals surface area contributed by atoms with Gasteiger partial charge in [0.2, 0.25) is 0 Å². The average Bonchev–Trinajstić information content (AvgIpc) is 3.27. The summed E-state index contributed by atoms with van der Waals surface area (Å²) in [5, 5.41) is 11.2. The van der Waals surface area contributed by atoms with E-state index in [2.05, 4.69) is 29.6 Å². The van der Waals surface area contributed by atoms with Crippen molar-refractivity contribution >= 4 is 17.8 Å². The van der Waals surface area contributed by atoms with Crippen LogP contribution >= 0.6 is 0 Å². The number of hydrogen-bond acceptors (Lipinski definition) is 8. The third-order valence-corrected chi connectivity index (χ3v) is 6.31. The van der Waals surface area contributed by atoms with Crippen molar-refractivity contribution in [2.75, 3.05) is 66.0 Å². The van der Waals surface area contributed by atoms with Gasteiger partial charge in [0.15, 0.2) is 5.78 Å². The lowest BCUT2D eigenvalue weighted by Crippen LogP contribution is -2.27. The number of aliphatic carboxylic acids is 1. The van der Waals surface area contributed by atoms with Crippen LogP contribution in [-0.4, -0.2) is 89.0 Å². The molecule has 0 fully saturated rings. The van der Waals surface area contributed by atoms with E-state index in [0.717, 1.165) is 6.42 Å². The predicted molar refractivity (Wildman–Crippen MR) is 147 cm³/mol. The number of ether oxygens (including phenoxy) is 5. The van der Waals surface area contributed by atoms with Crippen LogP contribution < -0.4 is 5.32 Å². The molecule has 10 nitrogen and oxygen atoms in total. The van der Waals surface area contributed by atoms with Gasteiger partial charge in [-0.1, -0.05) is 48.5 Å². The summed E-state index contributed by atoms with van der Waals surface area (Å²) < 4.78 is 26.7. The van der Waals surface area contributed by atoms with Crippen molar-refractivity contribution in [3.05, 3.63) is 59.7 Å². The number of carboxylic acid groups (broad SMARTS) is 1. The summed E-state index contributed by atoms with van der Waals surface area (Å²) in [4.78, 5) is 34.0. The molecule has 40 heavy (non-hydrogen) atoms. The molecule has 3 rings (SSSR count). The zero-order valence-corrected chi connectivity index (χ0v) is 22.8. The van der Waals surface area contributed by atoms with Gasteiger partial charge in [0, 0.05) is 32.1 Å². The highest BCUT2D eigenvalue weighted by Crippen LogP contribution is 2.44. The van der Waals surface area contributed by atoms with Crippen LogP contribution in [0.15, 0.2) is 48.5 Å². The van der Waals surface area contributed by atoms with Crippen LogP contribution in [0.25, 0.3) is 11.1 Å². The minimum atomic E-state index is -1.09. The Kier molecular flexibility index (Phi) is 14.1. The van der Waals surface area contributed by atoms with Crippen LogP contribution in [0.5, 0.6) is 0 Å². The Labute approximate surface area is 234 Å². The average molecular weight is 558 g/mol. The van der Waals surface area contributed by atoms with Gasteiger partial charge in [-0.25, -0.2) is 9.59 Å². The Hall–Kier alpha value is -3.31. The third kappa shape index (κ3) is 11.1. The summed E-state index contributed by atoms with van der Waals surface area (Å²) in [5.74, 6) is -1.16. The Morgan fingerprint density at radius 1 is 0.700 bits per heavy atom. The molecule has 0 heterocycles. The fraction of sp³-hybridized carbons (Fsp3) is 0.500. The molecule has 1 aliphatic rings. The molecule has 0 saturated carbocycles. The highest BCUT2D eigenvalue weighted by Gasteiger charge is 2.28. The van der Waals surface area contributed by atoms with Gasteiger partial charge in [-0.15, -0.1) is 0 Å². The number of carboxylic acids is 1. The van der Waals surface area contributed by atoms with Crippen molar-refractivity contribution in [1.29, 1.82) is 0 Å². The van der Waals surface area contributed by atoms with Crippen molar-refractivity contribution in [3.8, 4) is 11.1 Å². The quantitative estimate of drug-likeness (QED) is 0.220. The molecule has 1 amide bonds. The molecule has 2 N–H and O–H groups in total. The molecule has 0 bridgehead atoms. The fourth-order valence-electron chi connectivity index (χ4n) is 4.41. The molecule has 2 aromatic rings. The van der Waals surface area contributed by atoms with Gasteiger partial charge >= 0.3 is 12.1 Å². The second kappa shape index (κ2) is 18.1. The lowest BCUT2D eigenvalue weighted by atomic mass is 9.98. The molecule has 1 aliphatic carbocycles. The minimum absolute atomic E-state index is 0.0428. The zero-order valence-electron chi connectivity index (χ0n) is 22.8. The van der Waals surface area contributed by atoms with E-state index in [1.54, 1.807) is 0 Å². The monoisotopic (exact) mass is 557 g/mol. The van der Waals surface area contributed by atoms with Gasteiger partial charge in [0.05, 0.1) is 26.4 Å². The molecular formula is C30H39NO9. The lowest BCUT2D eigenvalue weighted by Gasteiger charge is -2.14. The fourth-order valence-corrected chi connectivity index (χ4v) is 4.41. The summed E-state index contributed by atoms with van der Waals surface area (Å²) >= 11 is 0. The van der Waals surface area contributed by atoms with Gasteiger partial charge in [-0.05, 0) is 41.5 Å². The van der Waals surface area contributed by atoms with Crippen LogP contribution in [-0.2, 0) is 33.3 Å². The zero-order chi connectivity index (χ0) is 28.4. The van der Waals surface area contributed by atoms with E-state index in [0.29, 0.717) is 72.1 Å². The van der Waals surface area contributed by atoms with Gasteiger partial charge in [0.25, 0.3) is 0 Å². The number of carbonyl (C=O) groups excluding carboxylic acids is 2. The van der Waals surface area contributed by atoms with Crippen molar-refractivity contribution in [3.63, 3.8) is 0 Å². The van der Waals surface area contributed by atoms with Gasteiger partial charge in [-0.3, -0.25) is 4.79 Å². The number of alkyl carbamates (subject to hydrolysis) is 1. The molecule has 0 unspecified atom stereocenters. The first-order chi connectivity index (χ1) is 19.6. The van der Waals surface area contributed by atoms with Crippen LogP contribution in [0.3, 0.4) is 0 Å². The molecule has 0 spiro atoms. The van der Waals surface area contributed by atoms with E-state index in [9.17, 15) is 14.4 Å². The van der Waals surface area contributed by atoms with Crippen LogP contribution in [0.1, 0.15) is 42.7 Å². The lowest BCUT2D eigenvalue weighted by molar-refractivity contribution is -0.143. The van der Waals surface area contributed by atoms with Crippen molar-refractivity contribution in [2.45, 2.75) is 31.6 Å². The second-order valence-corrected chi connectivity index (χ2v) is 9.33. The molecule has 0 atom stereocenters. The number of amides is 1. The van der Waals surface area contributed by atoms with Crippen LogP contribution in [0, 0.1) is 0 Å². The molecule has 2 aromatic carbocycles.